The van der Waals surface area contributed by atoms with Crippen LogP contribution in [0.2, 0.25) is 0 Å². The highest BCUT2D eigenvalue weighted by Gasteiger charge is 2.12. The third-order valence-corrected chi connectivity index (χ3v) is 2.61. The van der Waals surface area contributed by atoms with Crippen molar-refractivity contribution in [1.82, 2.24) is 0 Å². The lowest BCUT2D eigenvalue weighted by atomic mass is 9.92. The molecule has 17 heavy (non-hydrogen) atoms. The Labute approximate surface area is 102 Å². The van der Waals surface area contributed by atoms with Crippen molar-refractivity contribution in [2.24, 2.45) is 5.41 Å². The van der Waals surface area contributed by atoms with Crippen LogP contribution in [0.3, 0.4) is 0 Å². The Morgan fingerprint density at radius 1 is 1.35 bits per heavy atom. The highest BCUT2D eigenvalue weighted by Crippen LogP contribution is 2.23. The van der Waals surface area contributed by atoms with Crippen LogP contribution in [0.5, 0.6) is 0 Å². The second kappa shape index (κ2) is 5.17. The molecule has 0 saturated heterocycles. The number of hydrogen-bond donors (Lipinski definition) is 1. The van der Waals surface area contributed by atoms with Gasteiger partial charge in [-0.3, -0.25) is 10.1 Å². The molecule has 0 amide bonds. The van der Waals surface area contributed by atoms with Gasteiger partial charge in [0, 0.05) is 23.9 Å². The summed E-state index contributed by atoms with van der Waals surface area (Å²) in [5, 5.41) is 14.0. The van der Waals surface area contributed by atoms with E-state index in [2.05, 4.69) is 26.1 Å². The van der Waals surface area contributed by atoms with Gasteiger partial charge in [0.15, 0.2) is 0 Å². The van der Waals surface area contributed by atoms with Crippen LogP contribution in [-0.4, -0.2) is 11.5 Å². The molecule has 0 aliphatic heterocycles. The second-order valence-electron chi connectivity index (χ2n) is 5.50. The Bertz CT molecular complexity index is 408. The van der Waals surface area contributed by atoms with Gasteiger partial charge in [0.1, 0.15) is 0 Å². The van der Waals surface area contributed by atoms with Gasteiger partial charge in [0.2, 0.25) is 0 Å². The van der Waals surface area contributed by atoms with Gasteiger partial charge in [-0.25, -0.2) is 0 Å². The minimum absolute atomic E-state index is 0.172. The largest absolute Gasteiger partial charge is 0.385 e. The molecule has 0 radical (unpaired) electrons. The molecule has 0 heterocycles. The van der Waals surface area contributed by atoms with E-state index in [1.54, 1.807) is 19.1 Å². The van der Waals surface area contributed by atoms with Crippen molar-refractivity contribution in [1.29, 1.82) is 0 Å². The van der Waals surface area contributed by atoms with E-state index in [1.807, 2.05) is 6.07 Å². The number of benzene rings is 1. The van der Waals surface area contributed by atoms with Crippen LogP contribution in [0, 0.1) is 22.5 Å². The summed E-state index contributed by atoms with van der Waals surface area (Å²) in [6, 6.07) is 5.25. The molecule has 0 bridgehead atoms. The first-order valence-corrected chi connectivity index (χ1v) is 5.78. The van der Waals surface area contributed by atoms with Gasteiger partial charge in [-0.2, -0.15) is 0 Å². The molecule has 4 nitrogen and oxygen atoms in total. The maximum absolute atomic E-state index is 10.8. The highest BCUT2D eigenvalue weighted by molar-refractivity contribution is 5.54. The quantitative estimate of drug-likeness (QED) is 0.639. The molecule has 94 valence electrons. The van der Waals surface area contributed by atoms with Crippen LogP contribution >= 0.6 is 0 Å². The number of nitrogens with zero attached hydrogens (tertiary/aromatic N) is 1. The zero-order valence-corrected chi connectivity index (χ0v) is 10.9. The molecule has 0 aliphatic carbocycles. The molecular weight excluding hydrogens is 216 g/mol. The number of rotatable bonds is 4. The van der Waals surface area contributed by atoms with Crippen molar-refractivity contribution in [3.63, 3.8) is 0 Å². The molecule has 4 heteroatoms. The summed E-state index contributed by atoms with van der Waals surface area (Å²) in [7, 11) is 0. The highest BCUT2D eigenvalue weighted by atomic mass is 16.6. The number of nitro groups is 1. The third kappa shape index (κ3) is 4.43. The van der Waals surface area contributed by atoms with Crippen molar-refractivity contribution >= 4 is 11.4 Å². The smallest absolute Gasteiger partial charge is 0.274 e. The Hall–Kier alpha value is -1.58. The second-order valence-corrected chi connectivity index (χ2v) is 5.50. The molecule has 1 rings (SSSR count). The van der Waals surface area contributed by atoms with Gasteiger partial charge in [-0.05, 0) is 24.8 Å². The van der Waals surface area contributed by atoms with Crippen molar-refractivity contribution in [3.05, 3.63) is 33.9 Å². The van der Waals surface area contributed by atoms with E-state index >= 15 is 0 Å². The topological polar surface area (TPSA) is 55.2 Å². The van der Waals surface area contributed by atoms with E-state index in [4.69, 9.17) is 0 Å². The summed E-state index contributed by atoms with van der Waals surface area (Å²) in [6.07, 6.45) is 1.02. The summed E-state index contributed by atoms with van der Waals surface area (Å²) in [6.45, 7) is 9.09. The van der Waals surface area contributed by atoms with E-state index in [9.17, 15) is 10.1 Å². The minimum atomic E-state index is -0.343. The standard InChI is InChI=1S/C13H20N2O2/c1-10-5-6-11(9-12(10)15(16)17)14-8-7-13(2,3)4/h5-6,9,14H,7-8H2,1-4H3. The van der Waals surface area contributed by atoms with Gasteiger partial charge >= 0.3 is 0 Å². The summed E-state index contributed by atoms with van der Waals surface area (Å²) < 4.78 is 0. The number of anilines is 1. The van der Waals surface area contributed by atoms with Crippen LogP contribution in [0.4, 0.5) is 11.4 Å². The summed E-state index contributed by atoms with van der Waals surface area (Å²) in [4.78, 5) is 10.4. The molecule has 1 aromatic carbocycles. The van der Waals surface area contributed by atoms with E-state index in [1.165, 1.54) is 0 Å². The first kappa shape index (κ1) is 13.5. The maximum Gasteiger partial charge on any atom is 0.274 e. The molecule has 0 fully saturated rings. The lowest BCUT2D eigenvalue weighted by molar-refractivity contribution is -0.385. The van der Waals surface area contributed by atoms with Crippen molar-refractivity contribution in [2.75, 3.05) is 11.9 Å². The molecule has 0 aliphatic rings. The summed E-state index contributed by atoms with van der Waals surface area (Å²) in [5.74, 6) is 0. The average Bonchev–Trinajstić information content (AvgIpc) is 2.18. The first-order valence-electron chi connectivity index (χ1n) is 5.78. The van der Waals surface area contributed by atoms with Crippen LogP contribution in [0.15, 0.2) is 18.2 Å². The molecule has 0 spiro atoms. The molecule has 0 saturated carbocycles. The van der Waals surface area contributed by atoms with Crippen LogP contribution in [0.1, 0.15) is 32.8 Å². The number of aryl methyl sites for hydroxylation is 1. The van der Waals surface area contributed by atoms with Gasteiger partial charge in [0.25, 0.3) is 5.69 Å². The lowest BCUT2D eigenvalue weighted by Gasteiger charge is -2.18. The molecule has 0 unspecified atom stereocenters. The summed E-state index contributed by atoms with van der Waals surface area (Å²) in [5.41, 5.74) is 1.94. The average molecular weight is 236 g/mol. The van der Waals surface area contributed by atoms with Crippen LogP contribution in [0.25, 0.3) is 0 Å². The van der Waals surface area contributed by atoms with E-state index in [0.717, 1.165) is 18.7 Å². The van der Waals surface area contributed by atoms with Gasteiger partial charge in [-0.1, -0.05) is 26.8 Å². The maximum atomic E-state index is 10.8. The fourth-order valence-corrected chi connectivity index (χ4v) is 1.50. The van der Waals surface area contributed by atoms with Gasteiger partial charge in [-0.15, -0.1) is 0 Å². The molecule has 1 aromatic rings. The molecule has 0 atom stereocenters. The molecule has 0 aromatic heterocycles. The fourth-order valence-electron chi connectivity index (χ4n) is 1.50. The minimum Gasteiger partial charge on any atom is -0.385 e. The monoisotopic (exact) mass is 236 g/mol. The Morgan fingerprint density at radius 2 is 2.00 bits per heavy atom. The predicted octanol–water partition coefficient (Wildman–Crippen LogP) is 3.75. The van der Waals surface area contributed by atoms with Gasteiger partial charge in [0.05, 0.1) is 4.92 Å². The third-order valence-electron chi connectivity index (χ3n) is 2.61. The van der Waals surface area contributed by atoms with E-state index in [0.29, 0.717) is 5.56 Å². The van der Waals surface area contributed by atoms with E-state index < -0.39 is 0 Å². The van der Waals surface area contributed by atoms with Crippen molar-refractivity contribution in [2.45, 2.75) is 34.1 Å². The number of nitro benzene ring substituents is 1. The first-order chi connectivity index (χ1) is 7.79. The zero-order valence-electron chi connectivity index (χ0n) is 10.9. The number of nitrogens with one attached hydrogen (secondary N) is 1. The molecular formula is C13H20N2O2. The predicted molar refractivity (Wildman–Crippen MR) is 70.4 cm³/mol. The van der Waals surface area contributed by atoms with Crippen molar-refractivity contribution in [3.8, 4) is 0 Å². The van der Waals surface area contributed by atoms with Gasteiger partial charge < -0.3 is 5.32 Å². The Kier molecular flexibility index (Phi) is 4.10. The SMILES string of the molecule is Cc1ccc(NCCC(C)(C)C)cc1[N+](=O)[O-]. The van der Waals surface area contributed by atoms with Crippen LogP contribution in [-0.2, 0) is 0 Å². The van der Waals surface area contributed by atoms with Crippen molar-refractivity contribution < 1.29 is 4.92 Å². The van der Waals surface area contributed by atoms with Crippen LogP contribution < -0.4 is 5.32 Å². The summed E-state index contributed by atoms with van der Waals surface area (Å²) >= 11 is 0. The number of hydrogen-bond acceptors (Lipinski definition) is 3. The Morgan fingerprint density at radius 3 is 2.53 bits per heavy atom. The zero-order chi connectivity index (χ0) is 13.1. The lowest BCUT2D eigenvalue weighted by Crippen LogP contribution is -2.12. The Balaban J connectivity index is 2.67. The molecule has 1 N–H and O–H groups in total. The fraction of sp³-hybridized carbons (Fsp3) is 0.538. The normalized spacial score (nSPS) is 11.3. The van der Waals surface area contributed by atoms with E-state index in [-0.39, 0.29) is 16.0 Å².